The van der Waals surface area contributed by atoms with Crippen LogP contribution in [0.15, 0.2) is 42.5 Å². The van der Waals surface area contributed by atoms with Crippen molar-refractivity contribution in [2.45, 2.75) is 65.6 Å². The van der Waals surface area contributed by atoms with E-state index in [1.165, 1.54) is 9.75 Å². The van der Waals surface area contributed by atoms with Crippen LogP contribution in [0, 0.1) is 24.2 Å². The number of amides is 1. The molecule has 2 aromatic rings. The molecular formula is C29H42N2O3S. The maximum Gasteiger partial charge on any atom is 0.223 e. The number of fused-ring (bicyclic) bond motifs is 1. The topological polar surface area (TPSA) is 53.0 Å². The Kier molecular flexibility index (Phi) is 9.03. The number of piperidine rings is 1. The molecule has 0 bridgehead atoms. The third kappa shape index (κ3) is 7.39. The number of benzene rings is 1. The minimum atomic E-state index is -0.636. The average molecular weight is 499 g/mol. The van der Waals surface area contributed by atoms with E-state index in [-0.39, 0.29) is 5.91 Å². The largest absolute Gasteiger partial charge is 0.391 e. The quantitative estimate of drug-likeness (QED) is 0.636. The lowest BCUT2D eigenvalue weighted by Gasteiger charge is -2.39. The number of hydrogen-bond acceptors (Lipinski definition) is 5. The minimum absolute atomic E-state index is 0.168. The van der Waals surface area contributed by atoms with E-state index in [1.54, 1.807) is 0 Å². The normalized spacial score (nSPS) is 26.9. The van der Waals surface area contributed by atoms with Gasteiger partial charge in [0, 0.05) is 54.4 Å². The number of aliphatic hydroxyl groups is 1. The molecule has 0 spiro atoms. The van der Waals surface area contributed by atoms with Crippen LogP contribution < -0.4 is 0 Å². The van der Waals surface area contributed by atoms with E-state index in [9.17, 15) is 9.90 Å². The van der Waals surface area contributed by atoms with Gasteiger partial charge in [0.2, 0.25) is 5.91 Å². The predicted octanol–water partition coefficient (Wildman–Crippen LogP) is 5.11. The second-order valence-electron chi connectivity index (χ2n) is 11.2. The van der Waals surface area contributed by atoms with Crippen molar-refractivity contribution in [2.24, 2.45) is 17.3 Å². The van der Waals surface area contributed by atoms with Gasteiger partial charge < -0.3 is 14.7 Å². The number of rotatable bonds is 4. The SMILES string of the molecule is Cc1ccc(CN2CC[C@H]3CC(=O)N(Cc4ccccc4)C[C@H](O)C(C)(C)COCCC[C@H]3C2)s1. The smallest absolute Gasteiger partial charge is 0.223 e. The number of hydrogen-bond donors (Lipinski definition) is 1. The summed E-state index contributed by atoms with van der Waals surface area (Å²) in [4.78, 5) is 20.9. The highest BCUT2D eigenvalue weighted by atomic mass is 32.1. The zero-order valence-corrected chi connectivity index (χ0v) is 22.4. The van der Waals surface area contributed by atoms with E-state index in [4.69, 9.17) is 4.74 Å². The van der Waals surface area contributed by atoms with Gasteiger partial charge >= 0.3 is 0 Å². The molecule has 2 saturated heterocycles. The van der Waals surface area contributed by atoms with Crippen molar-refractivity contribution < 1.29 is 14.6 Å². The van der Waals surface area contributed by atoms with Crippen LogP contribution in [0.3, 0.4) is 0 Å². The highest BCUT2D eigenvalue weighted by molar-refractivity contribution is 7.11. The highest BCUT2D eigenvalue weighted by Crippen LogP contribution is 2.33. The first-order chi connectivity index (χ1) is 16.8. The Morgan fingerprint density at radius 2 is 1.86 bits per heavy atom. The van der Waals surface area contributed by atoms with Crippen LogP contribution in [-0.2, 0) is 22.6 Å². The summed E-state index contributed by atoms with van der Waals surface area (Å²) in [5, 5.41) is 11.1. The molecule has 0 aliphatic carbocycles. The Bertz CT molecular complexity index is 944. The van der Waals surface area contributed by atoms with Gasteiger partial charge in [-0.05, 0) is 62.3 Å². The van der Waals surface area contributed by atoms with E-state index >= 15 is 0 Å². The second-order valence-corrected chi connectivity index (χ2v) is 12.6. The Morgan fingerprint density at radius 3 is 2.60 bits per heavy atom. The van der Waals surface area contributed by atoms with Crippen molar-refractivity contribution in [1.82, 2.24) is 9.80 Å². The van der Waals surface area contributed by atoms with E-state index in [2.05, 4.69) is 36.1 Å². The van der Waals surface area contributed by atoms with Gasteiger partial charge in [-0.15, -0.1) is 11.3 Å². The monoisotopic (exact) mass is 498 g/mol. The van der Waals surface area contributed by atoms with Crippen LogP contribution in [0.1, 0.15) is 54.8 Å². The van der Waals surface area contributed by atoms with Gasteiger partial charge in [0.25, 0.3) is 0 Å². The summed E-state index contributed by atoms with van der Waals surface area (Å²) in [5.41, 5.74) is 0.690. The maximum atomic E-state index is 13.7. The fourth-order valence-corrected chi connectivity index (χ4v) is 6.37. The van der Waals surface area contributed by atoms with Crippen molar-refractivity contribution in [2.75, 3.05) is 32.8 Å². The Morgan fingerprint density at radius 1 is 1.06 bits per heavy atom. The molecule has 1 aromatic carbocycles. The Balaban J connectivity index is 1.49. The second kappa shape index (κ2) is 12.0. The van der Waals surface area contributed by atoms with Crippen molar-refractivity contribution in [3.05, 3.63) is 57.8 Å². The number of carbonyl (C=O) groups excluding carboxylic acids is 1. The van der Waals surface area contributed by atoms with E-state index in [0.29, 0.717) is 44.6 Å². The molecule has 3 heterocycles. The molecule has 0 saturated carbocycles. The third-order valence-electron chi connectivity index (χ3n) is 7.79. The van der Waals surface area contributed by atoms with Gasteiger partial charge in [0.15, 0.2) is 0 Å². The summed E-state index contributed by atoms with van der Waals surface area (Å²) in [6.07, 6.45) is 3.07. The summed E-state index contributed by atoms with van der Waals surface area (Å²) in [5.74, 6) is 1.05. The van der Waals surface area contributed by atoms with Crippen LogP contribution >= 0.6 is 11.3 Å². The zero-order chi connectivity index (χ0) is 24.8. The Hall–Kier alpha value is -1.73. The lowest BCUT2D eigenvalue weighted by atomic mass is 9.80. The molecule has 1 N–H and O–H groups in total. The summed E-state index contributed by atoms with van der Waals surface area (Å²) >= 11 is 1.89. The van der Waals surface area contributed by atoms with Crippen molar-refractivity contribution in [1.29, 1.82) is 0 Å². The number of β-amino-alcohol motifs (C(OH)–C–C–N with tert-alkyl or cyclic N) is 1. The molecular weight excluding hydrogens is 456 g/mol. The van der Waals surface area contributed by atoms with Gasteiger partial charge in [-0.25, -0.2) is 0 Å². The van der Waals surface area contributed by atoms with E-state index in [0.717, 1.165) is 44.5 Å². The van der Waals surface area contributed by atoms with Gasteiger partial charge in [-0.2, -0.15) is 0 Å². The third-order valence-corrected chi connectivity index (χ3v) is 8.78. The molecule has 0 radical (unpaired) electrons. The van der Waals surface area contributed by atoms with Crippen molar-refractivity contribution >= 4 is 17.2 Å². The zero-order valence-electron chi connectivity index (χ0n) is 21.6. The average Bonchev–Trinajstić information content (AvgIpc) is 3.24. The summed E-state index contributed by atoms with van der Waals surface area (Å²) in [6, 6.07) is 14.6. The minimum Gasteiger partial charge on any atom is -0.391 e. The predicted molar refractivity (Wildman–Crippen MR) is 142 cm³/mol. The summed E-state index contributed by atoms with van der Waals surface area (Å²) < 4.78 is 6.04. The van der Waals surface area contributed by atoms with Gasteiger partial charge in [-0.3, -0.25) is 9.69 Å². The lowest BCUT2D eigenvalue weighted by molar-refractivity contribution is -0.137. The molecule has 192 valence electrons. The molecule has 1 amide bonds. The molecule has 5 nitrogen and oxygen atoms in total. The maximum absolute atomic E-state index is 13.7. The first kappa shape index (κ1) is 26.3. The number of aryl methyl sites for hydroxylation is 1. The van der Waals surface area contributed by atoms with E-state index < -0.39 is 11.5 Å². The molecule has 4 rings (SSSR count). The lowest BCUT2D eigenvalue weighted by Crippen LogP contribution is -2.46. The molecule has 2 fully saturated rings. The number of ether oxygens (including phenoxy) is 1. The fraction of sp³-hybridized carbons (Fsp3) is 0.621. The molecule has 0 unspecified atom stereocenters. The van der Waals surface area contributed by atoms with Crippen LogP contribution in [-0.4, -0.2) is 59.8 Å². The highest BCUT2D eigenvalue weighted by Gasteiger charge is 2.35. The number of carbonyl (C=O) groups is 1. The van der Waals surface area contributed by atoms with Gasteiger partial charge in [-0.1, -0.05) is 44.2 Å². The van der Waals surface area contributed by atoms with Crippen LogP contribution in [0.4, 0.5) is 0 Å². The summed E-state index contributed by atoms with van der Waals surface area (Å²) in [7, 11) is 0. The first-order valence-corrected chi connectivity index (χ1v) is 14.0. The van der Waals surface area contributed by atoms with Gasteiger partial charge in [0.05, 0.1) is 12.7 Å². The molecule has 2 aliphatic heterocycles. The number of nitrogens with zero attached hydrogens (tertiary/aromatic N) is 2. The van der Waals surface area contributed by atoms with Crippen LogP contribution in [0.25, 0.3) is 0 Å². The number of thiophene rings is 1. The molecule has 3 atom stereocenters. The number of aliphatic hydroxyl groups excluding tert-OH is 1. The molecule has 2 aliphatic rings. The van der Waals surface area contributed by atoms with Crippen molar-refractivity contribution in [3.63, 3.8) is 0 Å². The molecule has 6 heteroatoms. The van der Waals surface area contributed by atoms with Gasteiger partial charge in [0.1, 0.15) is 0 Å². The standard InChI is InChI=1S/C29H42N2O3S/c1-22-11-12-26(35-22)19-30-14-13-24-16-28(33)31(17-23-8-5-4-6-9-23)20-27(32)29(2,3)21-34-15-7-10-25(24)18-30/h4-6,8-9,11-12,24-25,27,32H,7,10,13-21H2,1-3H3/t24-,25-,27-/m0/s1. The van der Waals surface area contributed by atoms with Crippen molar-refractivity contribution in [3.8, 4) is 0 Å². The van der Waals surface area contributed by atoms with Crippen LogP contribution in [0.2, 0.25) is 0 Å². The first-order valence-electron chi connectivity index (χ1n) is 13.2. The number of likely N-dealkylation sites (tertiary alicyclic amines) is 1. The fourth-order valence-electron chi connectivity index (χ4n) is 5.43. The van der Waals surface area contributed by atoms with Crippen LogP contribution in [0.5, 0.6) is 0 Å². The van der Waals surface area contributed by atoms with E-state index in [1.807, 2.05) is 48.3 Å². The molecule has 1 aromatic heterocycles. The Labute approximate surface area is 215 Å². The molecule has 35 heavy (non-hydrogen) atoms. The summed E-state index contributed by atoms with van der Waals surface area (Å²) in [6.45, 7) is 11.4.